The van der Waals surface area contributed by atoms with Gasteiger partial charge in [-0.25, -0.2) is 0 Å². The van der Waals surface area contributed by atoms with Crippen LogP contribution in [-0.2, 0) is 4.79 Å². The van der Waals surface area contributed by atoms with Gasteiger partial charge in [0.15, 0.2) is 5.78 Å². The molecular weight excluding hydrogens is 298 g/mol. The minimum atomic E-state index is 0.210. The van der Waals surface area contributed by atoms with Crippen LogP contribution in [0.25, 0.3) is 17.4 Å². The predicted octanol–water partition coefficient (Wildman–Crippen LogP) is 4.24. The maximum atomic E-state index is 12.3. The van der Waals surface area contributed by atoms with Crippen molar-refractivity contribution >= 4 is 23.5 Å². The molecule has 2 aromatic rings. The molecule has 0 amide bonds. The maximum absolute atomic E-state index is 12.3. The molecule has 1 aromatic carbocycles. The van der Waals surface area contributed by atoms with Gasteiger partial charge < -0.3 is 9.32 Å². The lowest BCUT2D eigenvalue weighted by atomic mass is 9.84. The third kappa shape index (κ3) is 2.35. The zero-order chi connectivity index (χ0) is 15.1. The number of carbonyl (C=O) groups excluding carboxylic acids is 1. The van der Waals surface area contributed by atoms with Crippen LogP contribution in [0.4, 0.5) is 0 Å². The molecule has 4 heteroatoms. The summed E-state index contributed by atoms with van der Waals surface area (Å²) in [6, 6.07) is 11.4. The summed E-state index contributed by atoms with van der Waals surface area (Å²) in [5, 5.41) is 0.703. The lowest BCUT2D eigenvalue weighted by Gasteiger charge is -2.40. The molecule has 112 valence electrons. The number of ketones is 1. The van der Waals surface area contributed by atoms with Crippen LogP contribution in [0, 0.1) is 5.92 Å². The van der Waals surface area contributed by atoms with E-state index in [0.29, 0.717) is 5.02 Å². The van der Waals surface area contributed by atoms with E-state index >= 15 is 0 Å². The van der Waals surface area contributed by atoms with E-state index in [0.717, 1.165) is 48.7 Å². The first-order valence-corrected chi connectivity index (χ1v) is 7.95. The van der Waals surface area contributed by atoms with E-state index in [2.05, 4.69) is 4.90 Å². The molecule has 0 spiro atoms. The number of piperidine rings is 3. The van der Waals surface area contributed by atoms with Crippen LogP contribution in [0.2, 0.25) is 5.02 Å². The number of hydrogen-bond donors (Lipinski definition) is 0. The van der Waals surface area contributed by atoms with Crippen molar-refractivity contribution in [1.29, 1.82) is 0 Å². The first-order chi connectivity index (χ1) is 10.7. The van der Waals surface area contributed by atoms with E-state index in [-0.39, 0.29) is 11.7 Å². The Morgan fingerprint density at radius 1 is 1.09 bits per heavy atom. The van der Waals surface area contributed by atoms with Crippen LogP contribution < -0.4 is 0 Å². The third-order valence-electron chi connectivity index (χ3n) is 4.49. The van der Waals surface area contributed by atoms with Crippen molar-refractivity contribution in [3.8, 4) is 11.3 Å². The average molecular weight is 314 g/mol. The van der Waals surface area contributed by atoms with Crippen molar-refractivity contribution in [2.24, 2.45) is 5.92 Å². The van der Waals surface area contributed by atoms with Crippen LogP contribution in [0.1, 0.15) is 18.6 Å². The van der Waals surface area contributed by atoms with Gasteiger partial charge in [0.1, 0.15) is 11.5 Å². The summed E-state index contributed by atoms with van der Waals surface area (Å²) in [6.45, 7) is 1.96. The topological polar surface area (TPSA) is 33.5 Å². The predicted molar refractivity (Wildman–Crippen MR) is 86.4 cm³/mol. The minimum Gasteiger partial charge on any atom is -0.457 e. The van der Waals surface area contributed by atoms with Crippen LogP contribution in [0.3, 0.4) is 0 Å². The number of benzene rings is 1. The van der Waals surface area contributed by atoms with E-state index in [1.807, 2.05) is 42.5 Å². The van der Waals surface area contributed by atoms with E-state index in [1.54, 1.807) is 0 Å². The van der Waals surface area contributed by atoms with Gasteiger partial charge in [-0.3, -0.25) is 4.79 Å². The number of rotatable bonds is 2. The lowest BCUT2D eigenvalue weighted by Crippen LogP contribution is -2.45. The van der Waals surface area contributed by atoms with E-state index in [4.69, 9.17) is 16.0 Å². The highest BCUT2D eigenvalue weighted by atomic mass is 35.5. The molecule has 3 fully saturated rings. The fraction of sp³-hybridized carbons (Fsp3) is 0.278. The van der Waals surface area contributed by atoms with Gasteiger partial charge in [0.05, 0.1) is 5.70 Å². The van der Waals surface area contributed by atoms with E-state index in [1.165, 1.54) is 0 Å². The zero-order valence-electron chi connectivity index (χ0n) is 12.1. The Kier molecular flexibility index (Phi) is 3.30. The first-order valence-electron chi connectivity index (χ1n) is 7.57. The van der Waals surface area contributed by atoms with Gasteiger partial charge in [-0.1, -0.05) is 11.6 Å². The van der Waals surface area contributed by atoms with E-state index in [9.17, 15) is 4.79 Å². The lowest BCUT2D eigenvalue weighted by molar-refractivity contribution is -0.125. The van der Waals surface area contributed by atoms with Gasteiger partial charge in [0.2, 0.25) is 0 Å². The molecule has 0 radical (unpaired) electrons. The third-order valence-corrected chi connectivity index (χ3v) is 4.75. The zero-order valence-corrected chi connectivity index (χ0v) is 12.8. The van der Waals surface area contributed by atoms with Crippen LogP contribution in [0.5, 0.6) is 0 Å². The molecule has 0 N–H and O–H groups in total. The summed E-state index contributed by atoms with van der Waals surface area (Å²) in [5.74, 6) is 1.98. The SMILES string of the molecule is O=C1C(=Cc2ccc(-c3ccc(Cl)cc3)o2)N2CCC1CC2. The second-order valence-corrected chi connectivity index (χ2v) is 6.30. The molecule has 4 heterocycles. The molecular formula is C18H16ClNO2. The summed E-state index contributed by atoms with van der Waals surface area (Å²) < 4.78 is 5.87. The van der Waals surface area contributed by atoms with Crippen molar-refractivity contribution in [3.05, 3.63) is 52.9 Å². The molecule has 3 aliphatic rings. The van der Waals surface area contributed by atoms with Crippen molar-refractivity contribution in [3.63, 3.8) is 0 Å². The van der Waals surface area contributed by atoms with Crippen molar-refractivity contribution in [2.75, 3.05) is 13.1 Å². The van der Waals surface area contributed by atoms with Crippen molar-refractivity contribution in [2.45, 2.75) is 12.8 Å². The number of fused-ring (bicyclic) bond motifs is 3. The molecule has 0 atom stereocenters. The summed E-state index contributed by atoms with van der Waals surface area (Å²) in [7, 11) is 0. The Hall–Kier alpha value is -2.00. The average Bonchev–Trinajstić information content (AvgIpc) is 3.01. The number of nitrogens with zero attached hydrogens (tertiary/aromatic N) is 1. The number of carbonyl (C=O) groups is 1. The highest BCUT2D eigenvalue weighted by molar-refractivity contribution is 6.30. The number of furan rings is 1. The minimum absolute atomic E-state index is 0.210. The van der Waals surface area contributed by atoms with E-state index < -0.39 is 0 Å². The van der Waals surface area contributed by atoms with Crippen LogP contribution >= 0.6 is 11.6 Å². The maximum Gasteiger partial charge on any atom is 0.182 e. The summed E-state index contributed by atoms with van der Waals surface area (Å²) in [6.07, 6.45) is 3.86. The highest BCUT2D eigenvalue weighted by Gasteiger charge is 2.36. The van der Waals surface area contributed by atoms with Crippen LogP contribution in [0.15, 0.2) is 46.5 Å². The highest BCUT2D eigenvalue weighted by Crippen LogP contribution is 2.33. The molecule has 3 nitrogen and oxygen atoms in total. The molecule has 22 heavy (non-hydrogen) atoms. The number of halogens is 1. The Labute approximate surface area is 134 Å². The Morgan fingerprint density at radius 2 is 1.82 bits per heavy atom. The Balaban J connectivity index is 1.63. The van der Waals surface area contributed by atoms with Crippen molar-refractivity contribution < 1.29 is 9.21 Å². The monoisotopic (exact) mass is 313 g/mol. The fourth-order valence-corrected chi connectivity index (χ4v) is 3.37. The summed E-state index contributed by atoms with van der Waals surface area (Å²) in [4.78, 5) is 14.5. The summed E-state index contributed by atoms with van der Waals surface area (Å²) in [5.41, 5.74) is 1.78. The molecule has 3 saturated heterocycles. The molecule has 2 bridgehead atoms. The van der Waals surface area contributed by atoms with Gasteiger partial charge >= 0.3 is 0 Å². The first kappa shape index (κ1) is 13.6. The smallest absolute Gasteiger partial charge is 0.182 e. The van der Waals surface area contributed by atoms with Crippen LogP contribution in [-0.4, -0.2) is 23.8 Å². The molecule has 0 saturated carbocycles. The van der Waals surface area contributed by atoms with Gasteiger partial charge in [-0.2, -0.15) is 0 Å². The number of allylic oxidation sites excluding steroid dienone is 1. The number of hydrogen-bond acceptors (Lipinski definition) is 3. The van der Waals surface area contributed by atoms with Gasteiger partial charge in [0, 0.05) is 35.7 Å². The fourth-order valence-electron chi connectivity index (χ4n) is 3.24. The standard InChI is InChI=1S/C18H16ClNO2/c19-14-3-1-12(2-4-14)17-6-5-15(22-17)11-16-18(21)13-7-9-20(16)10-8-13/h1-6,11,13H,7-10H2. The van der Waals surface area contributed by atoms with Gasteiger partial charge in [-0.05, 0) is 49.2 Å². The second-order valence-electron chi connectivity index (χ2n) is 5.86. The molecule has 3 aliphatic heterocycles. The normalized spacial score (nSPS) is 20.1. The molecule has 1 aromatic heterocycles. The summed E-state index contributed by atoms with van der Waals surface area (Å²) >= 11 is 5.90. The quantitative estimate of drug-likeness (QED) is 0.778. The molecule has 0 aliphatic carbocycles. The molecule has 0 unspecified atom stereocenters. The second kappa shape index (κ2) is 5.33. The largest absolute Gasteiger partial charge is 0.457 e. The van der Waals surface area contributed by atoms with Gasteiger partial charge in [0.25, 0.3) is 0 Å². The number of Topliss-reactive ketones (excluding diaryl/α,β-unsaturated/α-hetero) is 1. The molecule has 5 rings (SSSR count). The Bertz CT molecular complexity index is 737. The van der Waals surface area contributed by atoms with Gasteiger partial charge in [-0.15, -0.1) is 0 Å². The van der Waals surface area contributed by atoms with Crippen molar-refractivity contribution in [1.82, 2.24) is 4.90 Å². The Morgan fingerprint density at radius 3 is 2.50 bits per heavy atom.